The molecule has 0 heterocycles. The van der Waals surface area contributed by atoms with Gasteiger partial charge in [0.15, 0.2) is 0 Å². The summed E-state index contributed by atoms with van der Waals surface area (Å²) in [5, 5.41) is 5.78. The molecule has 104 valence electrons. The van der Waals surface area contributed by atoms with E-state index in [1.807, 2.05) is 12.1 Å². The molecular weight excluding hydrogens is 262 g/mol. The van der Waals surface area contributed by atoms with Gasteiger partial charge in [0.1, 0.15) is 8.07 Å². The Hall–Kier alpha value is -1.87. The first-order chi connectivity index (χ1) is 9.55. The Balaban J connectivity index is 2.52. The van der Waals surface area contributed by atoms with Crippen LogP contribution in [0.15, 0.2) is 60.7 Å². The van der Waals surface area contributed by atoms with E-state index in [-0.39, 0.29) is 11.6 Å². The molecule has 0 bridgehead atoms. The summed E-state index contributed by atoms with van der Waals surface area (Å²) in [5.41, 5.74) is 0.143. The molecule has 0 spiro atoms. The molecule has 2 nitrogen and oxygen atoms in total. The first-order valence-electron chi connectivity index (χ1n) is 6.93. The van der Waals surface area contributed by atoms with Crippen molar-refractivity contribution in [1.29, 1.82) is 0 Å². The Bertz CT molecular complexity index is 529. The number of amides is 1. The standard InChI is InChI=1S/C17H21NOSi/c1-14(19)18-15(2)20(3,16-10-6-4-7-11-16)17-12-8-5-9-13-17/h4-13,15H,1-3H3,(H,18,19)/t15-/m1/s1. The Morgan fingerprint density at radius 2 is 1.35 bits per heavy atom. The van der Waals surface area contributed by atoms with Crippen molar-refractivity contribution < 1.29 is 4.79 Å². The summed E-state index contributed by atoms with van der Waals surface area (Å²) in [4.78, 5) is 11.5. The van der Waals surface area contributed by atoms with Crippen LogP contribution in [-0.2, 0) is 4.79 Å². The molecule has 1 N–H and O–H groups in total. The summed E-state index contributed by atoms with van der Waals surface area (Å²) in [5.74, 6) is 0.0306. The molecule has 2 aromatic carbocycles. The van der Waals surface area contributed by atoms with E-state index >= 15 is 0 Å². The number of carbonyl (C=O) groups excluding carboxylic acids is 1. The van der Waals surface area contributed by atoms with Crippen molar-refractivity contribution in [3.8, 4) is 0 Å². The van der Waals surface area contributed by atoms with Crippen molar-refractivity contribution >= 4 is 24.4 Å². The highest BCUT2D eigenvalue weighted by Gasteiger charge is 2.38. The lowest BCUT2D eigenvalue weighted by atomic mass is 10.4. The molecule has 0 aliphatic heterocycles. The minimum Gasteiger partial charge on any atom is -0.356 e. The van der Waals surface area contributed by atoms with Crippen LogP contribution >= 0.6 is 0 Å². The number of nitrogens with one attached hydrogen (secondary N) is 1. The normalized spacial score (nSPS) is 12.8. The fraction of sp³-hybridized carbons (Fsp3) is 0.235. The molecule has 1 amide bonds. The number of benzene rings is 2. The summed E-state index contributed by atoms with van der Waals surface area (Å²) < 4.78 is 0. The van der Waals surface area contributed by atoms with Crippen LogP contribution in [0.3, 0.4) is 0 Å². The molecule has 1 atom stereocenters. The lowest BCUT2D eigenvalue weighted by Crippen LogP contribution is -2.67. The van der Waals surface area contributed by atoms with E-state index in [0.717, 1.165) is 0 Å². The Kier molecular flexibility index (Phi) is 4.40. The van der Waals surface area contributed by atoms with Crippen molar-refractivity contribution in [3.05, 3.63) is 60.7 Å². The van der Waals surface area contributed by atoms with E-state index in [1.54, 1.807) is 6.92 Å². The second kappa shape index (κ2) is 6.05. The van der Waals surface area contributed by atoms with E-state index in [0.29, 0.717) is 0 Å². The molecule has 0 aliphatic carbocycles. The number of hydrogen-bond acceptors (Lipinski definition) is 1. The summed E-state index contributed by atoms with van der Waals surface area (Å²) in [6.45, 7) is 6.02. The molecule has 2 aromatic rings. The van der Waals surface area contributed by atoms with Gasteiger partial charge in [-0.2, -0.15) is 0 Å². The average Bonchev–Trinajstić information content (AvgIpc) is 2.47. The maximum Gasteiger partial charge on any atom is 0.216 e. The van der Waals surface area contributed by atoms with Crippen molar-refractivity contribution in [2.45, 2.75) is 26.1 Å². The monoisotopic (exact) mass is 283 g/mol. The lowest BCUT2D eigenvalue weighted by Gasteiger charge is -2.35. The molecule has 0 unspecified atom stereocenters. The van der Waals surface area contributed by atoms with Gasteiger partial charge in [-0.3, -0.25) is 4.79 Å². The van der Waals surface area contributed by atoms with Crippen molar-refractivity contribution in [3.63, 3.8) is 0 Å². The SMILES string of the molecule is CC(=O)N[C@@H](C)[Si](C)(c1ccccc1)c1ccccc1. The van der Waals surface area contributed by atoms with E-state index < -0.39 is 8.07 Å². The Morgan fingerprint density at radius 1 is 0.950 bits per heavy atom. The van der Waals surface area contributed by atoms with Crippen LogP contribution in [0, 0.1) is 0 Å². The van der Waals surface area contributed by atoms with Gasteiger partial charge < -0.3 is 5.32 Å². The summed E-state index contributed by atoms with van der Waals surface area (Å²) in [6, 6.07) is 21.1. The van der Waals surface area contributed by atoms with Gasteiger partial charge >= 0.3 is 0 Å². The van der Waals surface area contributed by atoms with Gasteiger partial charge in [-0.15, -0.1) is 0 Å². The molecule has 0 radical (unpaired) electrons. The van der Waals surface area contributed by atoms with Gasteiger partial charge in [0.05, 0.1) is 0 Å². The molecule has 20 heavy (non-hydrogen) atoms. The zero-order valence-corrected chi connectivity index (χ0v) is 13.3. The van der Waals surface area contributed by atoms with Gasteiger partial charge in [-0.25, -0.2) is 0 Å². The molecule has 0 fully saturated rings. The predicted octanol–water partition coefficient (Wildman–Crippen LogP) is 1.94. The van der Waals surface area contributed by atoms with Crippen LogP contribution in [0.4, 0.5) is 0 Å². The summed E-state index contributed by atoms with van der Waals surface area (Å²) in [7, 11) is -2.00. The lowest BCUT2D eigenvalue weighted by molar-refractivity contribution is -0.119. The van der Waals surface area contributed by atoms with Gasteiger partial charge in [0.25, 0.3) is 0 Å². The third kappa shape index (κ3) is 2.83. The molecule has 0 saturated heterocycles. The van der Waals surface area contributed by atoms with Gasteiger partial charge in [0.2, 0.25) is 5.91 Å². The fourth-order valence-electron chi connectivity index (χ4n) is 2.68. The van der Waals surface area contributed by atoms with E-state index in [4.69, 9.17) is 0 Å². The quantitative estimate of drug-likeness (QED) is 0.854. The molecule has 0 aliphatic rings. The maximum absolute atomic E-state index is 11.5. The van der Waals surface area contributed by atoms with Crippen LogP contribution in [0.1, 0.15) is 13.8 Å². The second-order valence-corrected chi connectivity index (χ2v) is 9.78. The van der Waals surface area contributed by atoms with Crippen LogP contribution in [-0.4, -0.2) is 19.6 Å². The van der Waals surface area contributed by atoms with E-state index in [1.165, 1.54) is 10.4 Å². The highest BCUT2D eigenvalue weighted by molar-refractivity contribution is 7.02. The summed E-state index contributed by atoms with van der Waals surface area (Å²) >= 11 is 0. The molecular formula is C17H21NOSi. The first-order valence-corrected chi connectivity index (χ1v) is 9.51. The smallest absolute Gasteiger partial charge is 0.216 e. The van der Waals surface area contributed by atoms with Gasteiger partial charge in [-0.1, -0.05) is 77.6 Å². The second-order valence-electron chi connectivity index (χ2n) is 5.36. The van der Waals surface area contributed by atoms with Crippen LogP contribution in [0.25, 0.3) is 0 Å². The van der Waals surface area contributed by atoms with Crippen LogP contribution in [0.5, 0.6) is 0 Å². The molecule has 0 aromatic heterocycles. The predicted molar refractivity (Wildman–Crippen MR) is 87.0 cm³/mol. The van der Waals surface area contributed by atoms with E-state index in [9.17, 15) is 4.79 Å². The Labute approximate surface area is 121 Å². The minimum atomic E-state index is -2.00. The largest absolute Gasteiger partial charge is 0.356 e. The van der Waals surface area contributed by atoms with Crippen molar-refractivity contribution in [2.75, 3.05) is 0 Å². The zero-order chi connectivity index (χ0) is 14.6. The average molecular weight is 283 g/mol. The van der Waals surface area contributed by atoms with Crippen LogP contribution < -0.4 is 15.7 Å². The van der Waals surface area contributed by atoms with Crippen LogP contribution in [0.2, 0.25) is 6.55 Å². The third-order valence-electron chi connectivity index (χ3n) is 4.03. The zero-order valence-electron chi connectivity index (χ0n) is 12.3. The fourth-order valence-corrected chi connectivity index (χ4v) is 6.28. The number of hydrogen-bond donors (Lipinski definition) is 1. The molecule has 3 heteroatoms. The van der Waals surface area contributed by atoms with Crippen molar-refractivity contribution in [1.82, 2.24) is 5.32 Å². The van der Waals surface area contributed by atoms with Gasteiger partial charge in [0, 0.05) is 12.6 Å². The highest BCUT2D eigenvalue weighted by atomic mass is 28.3. The topological polar surface area (TPSA) is 29.1 Å². The summed E-state index contributed by atoms with van der Waals surface area (Å²) in [6.07, 6.45) is 0. The first kappa shape index (κ1) is 14.5. The minimum absolute atomic E-state index is 0.0306. The maximum atomic E-state index is 11.5. The highest BCUT2D eigenvalue weighted by Crippen LogP contribution is 2.10. The van der Waals surface area contributed by atoms with E-state index in [2.05, 4.69) is 67.3 Å². The van der Waals surface area contributed by atoms with Gasteiger partial charge in [-0.05, 0) is 6.92 Å². The van der Waals surface area contributed by atoms with Crippen molar-refractivity contribution in [2.24, 2.45) is 0 Å². The molecule has 2 rings (SSSR count). The number of rotatable bonds is 4. The number of carbonyl (C=O) groups is 1. The third-order valence-corrected chi connectivity index (χ3v) is 8.97. The Morgan fingerprint density at radius 3 is 1.70 bits per heavy atom. The molecule has 0 saturated carbocycles.